The Kier molecular flexibility index (Phi) is 5.88. The fraction of sp³-hybridized carbons (Fsp3) is 0.600. The number of amides is 1. The fourth-order valence-corrected chi connectivity index (χ4v) is 2.14. The maximum Gasteiger partial charge on any atom is 0.234 e. The molecule has 1 aromatic heterocycles. The topological polar surface area (TPSA) is 83.3 Å². The van der Waals surface area contributed by atoms with Crippen molar-refractivity contribution >= 4 is 22.4 Å². The van der Waals surface area contributed by atoms with Crippen LogP contribution in [0.5, 0.6) is 0 Å². The number of hydrogen-bond donors (Lipinski definition) is 3. The summed E-state index contributed by atoms with van der Waals surface area (Å²) in [6, 6.07) is 0. The first-order valence-electron chi connectivity index (χ1n) is 5.52. The minimum absolute atomic E-state index is 0.0519. The van der Waals surface area contributed by atoms with Crippen LogP contribution >= 0.6 is 11.3 Å². The second kappa shape index (κ2) is 7.21. The van der Waals surface area contributed by atoms with E-state index in [0.717, 1.165) is 17.8 Å². The summed E-state index contributed by atoms with van der Waals surface area (Å²) in [5.41, 5.74) is 2.50. The molecule has 0 saturated heterocycles. The molecular weight excluding hydrogens is 238 g/mol. The molecule has 7 heteroatoms. The molecule has 0 aliphatic heterocycles. The number of likely N-dealkylation sites (N-methyl/N-ethyl adjacent to an activating group) is 1. The molecule has 0 unspecified atom stereocenters. The molecule has 96 valence electrons. The average molecular weight is 257 g/mol. The summed E-state index contributed by atoms with van der Waals surface area (Å²) >= 11 is 1.49. The number of nitrogen functional groups attached to an aromatic ring is 1. The van der Waals surface area contributed by atoms with E-state index in [2.05, 4.69) is 15.7 Å². The van der Waals surface area contributed by atoms with Gasteiger partial charge in [0, 0.05) is 24.2 Å². The molecule has 1 heterocycles. The van der Waals surface area contributed by atoms with Crippen LogP contribution in [0.2, 0.25) is 0 Å². The molecule has 0 aromatic carbocycles. The molecule has 0 saturated carbocycles. The van der Waals surface area contributed by atoms with Gasteiger partial charge in [0.05, 0.1) is 6.54 Å². The van der Waals surface area contributed by atoms with E-state index in [1.807, 2.05) is 18.9 Å². The number of hydrazine groups is 1. The van der Waals surface area contributed by atoms with Crippen LogP contribution in [-0.2, 0) is 11.3 Å². The first kappa shape index (κ1) is 13.9. The van der Waals surface area contributed by atoms with Gasteiger partial charge in [0.25, 0.3) is 0 Å². The zero-order valence-electron chi connectivity index (χ0n) is 10.2. The molecule has 0 radical (unpaired) electrons. The van der Waals surface area contributed by atoms with Gasteiger partial charge in [-0.25, -0.2) is 10.8 Å². The van der Waals surface area contributed by atoms with Crippen molar-refractivity contribution in [3.8, 4) is 0 Å². The van der Waals surface area contributed by atoms with Crippen LogP contribution in [0.1, 0.15) is 18.2 Å². The number of anilines is 1. The van der Waals surface area contributed by atoms with Gasteiger partial charge in [0.1, 0.15) is 0 Å². The number of carbonyl (C=O) groups is 1. The van der Waals surface area contributed by atoms with Gasteiger partial charge < -0.3 is 5.32 Å². The first-order chi connectivity index (χ1) is 8.15. The van der Waals surface area contributed by atoms with Crippen molar-refractivity contribution in [2.24, 2.45) is 5.84 Å². The summed E-state index contributed by atoms with van der Waals surface area (Å²) < 4.78 is 0. The van der Waals surface area contributed by atoms with Crippen molar-refractivity contribution < 1.29 is 4.79 Å². The van der Waals surface area contributed by atoms with Crippen LogP contribution in [0, 0.1) is 0 Å². The molecule has 0 spiro atoms. The van der Waals surface area contributed by atoms with Crippen LogP contribution in [0.25, 0.3) is 0 Å². The quantitative estimate of drug-likeness (QED) is 0.486. The summed E-state index contributed by atoms with van der Waals surface area (Å²) in [5, 5.41) is 3.52. The van der Waals surface area contributed by atoms with Crippen LogP contribution in [0.4, 0.5) is 5.13 Å². The minimum Gasteiger partial charge on any atom is -0.355 e. The molecular formula is C10H19N5OS. The molecule has 0 aliphatic carbocycles. The number of hydrogen-bond acceptors (Lipinski definition) is 6. The van der Waals surface area contributed by atoms with Crippen molar-refractivity contribution in [3.05, 3.63) is 11.1 Å². The number of nitrogens with one attached hydrogen (secondary N) is 2. The molecule has 1 rings (SSSR count). The van der Waals surface area contributed by atoms with E-state index in [-0.39, 0.29) is 5.91 Å². The maximum atomic E-state index is 11.5. The number of nitrogens with zero attached hydrogens (tertiary/aromatic N) is 2. The monoisotopic (exact) mass is 257 g/mol. The average Bonchev–Trinajstić information content (AvgIpc) is 2.73. The van der Waals surface area contributed by atoms with Crippen LogP contribution in [-0.4, -0.2) is 35.9 Å². The third-order valence-corrected chi connectivity index (χ3v) is 3.00. The molecule has 6 nitrogen and oxygen atoms in total. The highest BCUT2D eigenvalue weighted by atomic mass is 32.1. The molecule has 1 aromatic rings. The van der Waals surface area contributed by atoms with E-state index < -0.39 is 0 Å². The SMILES string of the molecule is CCCNC(=O)CN(C)Cc1cnc(NN)s1. The summed E-state index contributed by atoms with van der Waals surface area (Å²) in [6.45, 7) is 3.85. The Balaban J connectivity index is 2.33. The van der Waals surface area contributed by atoms with Gasteiger partial charge >= 0.3 is 0 Å². The van der Waals surface area contributed by atoms with Gasteiger partial charge in [-0.2, -0.15) is 0 Å². The zero-order valence-corrected chi connectivity index (χ0v) is 11.0. The standard InChI is InChI=1S/C10H19N5OS/c1-3-4-12-9(16)7-15(2)6-8-5-13-10(14-11)17-8/h5H,3-4,6-7,11H2,1-2H3,(H,12,16)(H,13,14). The lowest BCUT2D eigenvalue weighted by molar-refractivity contribution is -0.122. The van der Waals surface area contributed by atoms with Gasteiger partial charge in [-0.1, -0.05) is 18.3 Å². The molecule has 4 N–H and O–H groups in total. The van der Waals surface area contributed by atoms with E-state index in [4.69, 9.17) is 5.84 Å². The molecule has 1 amide bonds. The lowest BCUT2D eigenvalue weighted by Gasteiger charge is -2.14. The second-order valence-corrected chi connectivity index (χ2v) is 4.91. The lowest BCUT2D eigenvalue weighted by atomic mass is 10.4. The highest BCUT2D eigenvalue weighted by molar-refractivity contribution is 7.15. The summed E-state index contributed by atoms with van der Waals surface area (Å²) in [7, 11) is 1.90. The Hall–Kier alpha value is -1.18. The highest BCUT2D eigenvalue weighted by Crippen LogP contribution is 2.17. The van der Waals surface area contributed by atoms with Gasteiger partial charge in [-0.3, -0.25) is 15.1 Å². The van der Waals surface area contributed by atoms with Crippen molar-refractivity contribution in [2.45, 2.75) is 19.9 Å². The normalized spacial score (nSPS) is 10.6. The predicted octanol–water partition coefficient (Wildman–Crippen LogP) is 0.387. The smallest absolute Gasteiger partial charge is 0.234 e. The minimum atomic E-state index is 0.0519. The Morgan fingerprint density at radius 2 is 2.41 bits per heavy atom. The molecule has 0 fully saturated rings. The third kappa shape index (κ3) is 5.12. The number of aromatic nitrogens is 1. The first-order valence-corrected chi connectivity index (χ1v) is 6.34. The number of rotatable bonds is 7. The largest absolute Gasteiger partial charge is 0.355 e. The van der Waals surface area contributed by atoms with E-state index in [1.165, 1.54) is 11.3 Å². The third-order valence-electron chi connectivity index (χ3n) is 2.09. The zero-order chi connectivity index (χ0) is 12.7. The van der Waals surface area contributed by atoms with Gasteiger partial charge in [-0.05, 0) is 13.5 Å². The summed E-state index contributed by atoms with van der Waals surface area (Å²) in [4.78, 5) is 18.6. The van der Waals surface area contributed by atoms with E-state index in [0.29, 0.717) is 18.2 Å². The van der Waals surface area contributed by atoms with Crippen LogP contribution in [0.3, 0.4) is 0 Å². The lowest BCUT2D eigenvalue weighted by Crippen LogP contribution is -2.35. The second-order valence-electron chi connectivity index (χ2n) is 3.80. The maximum absolute atomic E-state index is 11.5. The van der Waals surface area contributed by atoms with Crippen molar-refractivity contribution in [1.82, 2.24) is 15.2 Å². The summed E-state index contributed by atoms with van der Waals surface area (Å²) in [5.74, 6) is 5.30. The van der Waals surface area contributed by atoms with Gasteiger partial charge in [0.2, 0.25) is 5.91 Å². The van der Waals surface area contributed by atoms with Crippen molar-refractivity contribution in [3.63, 3.8) is 0 Å². The van der Waals surface area contributed by atoms with Crippen LogP contribution < -0.4 is 16.6 Å². The van der Waals surface area contributed by atoms with E-state index >= 15 is 0 Å². The highest BCUT2D eigenvalue weighted by Gasteiger charge is 2.08. The van der Waals surface area contributed by atoms with E-state index in [9.17, 15) is 4.79 Å². The van der Waals surface area contributed by atoms with Crippen molar-refractivity contribution in [1.29, 1.82) is 0 Å². The molecule has 17 heavy (non-hydrogen) atoms. The number of thiazole rings is 1. The van der Waals surface area contributed by atoms with Gasteiger partial charge in [-0.15, -0.1) is 0 Å². The van der Waals surface area contributed by atoms with E-state index in [1.54, 1.807) is 6.20 Å². The number of nitrogens with two attached hydrogens (primary N) is 1. The molecule has 0 aliphatic rings. The van der Waals surface area contributed by atoms with Crippen molar-refractivity contribution in [2.75, 3.05) is 25.6 Å². The Morgan fingerprint density at radius 1 is 1.65 bits per heavy atom. The van der Waals surface area contributed by atoms with Gasteiger partial charge in [0.15, 0.2) is 5.13 Å². The predicted molar refractivity (Wildman–Crippen MR) is 69.6 cm³/mol. The Bertz CT molecular complexity index is 354. The van der Waals surface area contributed by atoms with Crippen LogP contribution in [0.15, 0.2) is 6.20 Å². The number of carbonyl (C=O) groups excluding carboxylic acids is 1. The fourth-order valence-electron chi connectivity index (χ4n) is 1.33. The Labute approximate surface area is 105 Å². The summed E-state index contributed by atoms with van der Waals surface area (Å²) in [6.07, 6.45) is 2.72. The molecule has 0 bridgehead atoms. The Morgan fingerprint density at radius 3 is 3.00 bits per heavy atom. The molecule has 0 atom stereocenters.